The number of anilines is 1. The quantitative estimate of drug-likeness (QED) is 0.542. The lowest BCUT2D eigenvalue weighted by molar-refractivity contribution is -0.119. The van der Waals surface area contributed by atoms with Crippen molar-refractivity contribution in [1.29, 1.82) is 0 Å². The van der Waals surface area contributed by atoms with Crippen LogP contribution in [0.1, 0.15) is 23.2 Å². The van der Waals surface area contributed by atoms with E-state index in [9.17, 15) is 18.0 Å². The van der Waals surface area contributed by atoms with Gasteiger partial charge in [0.2, 0.25) is 15.9 Å². The molecule has 8 nitrogen and oxygen atoms in total. The van der Waals surface area contributed by atoms with E-state index in [4.69, 9.17) is 10.8 Å². The van der Waals surface area contributed by atoms with E-state index in [1.54, 1.807) is 0 Å². The number of carboxylic acids is 1. The van der Waals surface area contributed by atoms with Gasteiger partial charge in [-0.25, -0.2) is 17.9 Å². The van der Waals surface area contributed by atoms with Gasteiger partial charge in [0.1, 0.15) is 0 Å². The van der Waals surface area contributed by atoms with Crippen molar-refractivity contribution in [2.75, 3.05) is 12.3 Å². The number of amides is 1. The summed E-state index contributed by atoms with van der Waals surface area (Å²) in [6.45, 7) is 0.00192. The van der Waals surface area contributed by atoms with Crippen LogP contribution < -0.4 is 15.8 Å². The minimum atomic E-state index is -4.03. The molecule has 9 heteroatoms. The molecule has 1 fully saturated rings. The molecule has 1 aliphatic rings. The van der Waals surface area contributed by atoms with Gasteiger partial charge in [0.25, 0.3) is 0 Å². The normalized spacial score (nSPS) is 18.5. The number of nitrogen functional groups attached to an aromatic ring is 1. The van der Waals surface area contributed by atoms with Crippen molar-refractivity contribution in [2.45, 2.75) is 23.8 Å². The Morgan fingerprint density at radius 3 is 2.76 bits per heavy atom. The van der Waals surface area contributed by atoms with Gasteiger partial charge < -0.3 is 16.2 Å². The molecule has 1 aromatic carbocycles. The van der Waals surface area contributed by atoms with Gasteiger partial charge in [-0.1, -0.05) is 0 Å². The Morgan fingerprint density at radius 1 is 1.48 bits per heavy atom. The second-order valence-electron chi connectivity index (χ2n) is 4.72. The molecule has 114 valence electrons. The van der Waals surface area contributed by atoms with Crippen molar-refractivity contribution in [3.05, 3.63) is 23.8 Å². The van der Waals surface area contributed by atoms with Gasteiger partial charge in [-0.15, -0.1) is 0 Å². The van der Waals surface area contributed by atoms with Gasteiger partial charge in [0.15, 0.2) is 0 Å². The lowest BCUT2D eigenvalue weighted by atomic mass is 10.2. The summed E-state index contributed by atoms with van der Waals surface area (Å²) in [5.41, 5.74) is 5.31. The number of nitrogens with two attached hydrogens (primary N) is 1. The summed E-state index contributed by atoms with van der Waals surface area (Å²) in [4.78, 5) is 21.8. The Bertz CT molecular complexity index is 686. The van der Waals surface area contributed by atoms with Crippen LogP contribution in [-0.4, -0.2) is 38.0 Å². The van der Waals surface area contributed by atoms with E-state index in [1.165, 1.54) is 6.07 Å². The maximum Gasteiger partial charge on any atom is 0.337 e. The number of hydrogen-bond donors (Lipinski definition) is 4. The van der Waals surface area contributed by atoms with E-state index in [-0.39, 0.29) is 34.6 Å². The van der Waals surface area contributed by atoms with Crippen molar-refractivity contribution >= 4 is 27.6 Å². The molecule has 0 aliphatic carbocycles. The highest BCUT2D eigenvalue weighted by Gasteiger charge is 2.26. The maximum atomic E-state index is 12.2. The summed E-state index contributed by atoms with van der Waals surface area (Å²) in [5, 5.41) is 11.7. The molecule has 0 radical (unpaired) electrons. The molecule has 1 unspecified atom stereocenters. The summed E-state index contributed by atoms with van der Waals surface area (Å²) < 4.78 is 26.7. The Kier molecular flexibility index (Phi) is 4.14. The second kappa shape index (κ2) is 5.70. The van der Waals surface area contributed by atoms with Crippen molar-refractivity contribution in [3.63, 3.8) is 0 Å². The van der Waals surface area contributed by atoms with Gasteiger partial charge in [0, 0.05) is 24.7 Å². The number of nitrogens with one attached hydrogen (secondary N) is 2. The smallest absolute Gasteiger partial charge is 0.337 e. The number of carbonyl (C=O) groups is 2. The van der Waals surface area contributed by atoms with Crippen LogP contribution in [0.2, 0.25) is 0 Å². The molecule has 1 aliphatic heterocycles. The average Bonchev–Trinajstić information content (AvgIpc) is 2.82. The van der Waals surface area contributed by atoms with E-state index in [2.05, 4.69) is 10.0 Å². The van der Waals surface area contributed by atoms with Gasteiger partial charge in [-0.2, -0.15) is 0 Å². The Hall–Kier alpha value is -2.13. The van der Waals surface area contributed by atoms with E-state index in [1.807, 2.05) is 0 Å². The van der Waals surface area contributed by atoms with Crippen LogP contribution in [0.15, 0.2) is 23.1 Å². The van der Waals surface area contributed by atoms with E-state index < -0.39 is 16.0 Å². The lowest BCUT2D eigenvalue weighted by Crippen LogP contribution is -2.38. The Morgan fingerprint density at radius 2 is 2.19 bits per heavy atom. The first-order valence-corrected chi connectivity index (χ1v) is 7.70. The van der Waals surface area contributed by atoms with Gasteiger partial charge in [-0.3, -0.25) is 4.79 Å². The molecule has 21 heavy (non-hydrogen) atoms. The number of benzene rings is 1. The largest absolute Gasteiger partial charge is 0.478 e. The predicted molar refractivity (Wildman–Crippen MR) is 74.2 cm³/mol. The molecule has 0 saturated carbocycles. The second-order valence-corrected chi connectivity index (χ2v) is 6.45. The van der Waals surface area contributed by atoms with Crippen LogP contribution >= 0.6 is 0 Å². The fourth-order valence-corrected chi connectivity index (χ4v) is 3.37. The zero-order valence-electron chi connectivity index (χ0n) is 11.0. The topological polar surface area (TPSA) is 139 Å². The number of sulfonamides is 1. The molecule has 1 amide bonds. The van der Waals surface area contributed by atoms with Crippen LogP contribution in [0.25, 0.3) is 0 Å². The highest BCUT2D eigenvalue weighted by molar-refractivity contribution is 7.89. The van der Waals surface area contributed by atoms with Crippen molar-refractivity contribution in [2.24, 2.45) is 0 Å². The number of carbonyl (C=O) groups excluding carboxylic acids is 1. The first-order chi connectivity index (χ1) is 9.79. The monoisotopic (exact) mass is 313 g/mol. The van der Waals surface area contributed by atoms with E-state index in [0.29, 0.717) is 12.8 Å². The highest BCUT2D eigenvalue weighted by Crippen LogP contribution is 2.19. The predicted octanol–water partition coefficient (Wildman–Crippen LogP) is -0.476. The third-order valence-corrected chi connectivity index (χ3v) is 4.59. The van der Waals surface area contributed by atoms with Crippen LogP contribution in [0, 0.1) is 0 Å². The number of rotatable bonds is 5. The molecule has 5 N–H and O–H groups in total. The van der Waals surface area contributed by atoms with Crippen LogP contribution in [0.5, 0.6) is 0 Å². The summed E-state index contributed by atoms with van der Waals surface area (Å²) in [6, 6.07) is 3.27. The van der Waals surface area contributed by atoms with Crippen molar-refractivity contribution in [3.8, 4) is 0 Å². The first-order valence-electron chi connectivity index (χ1n) is 6.21. The Labute approximate surface area is 121 Å². The van der Waals surface area contributed by atoms with Gasteiger partial charge >= 0.3 is 5.97 Å². The molecular formula is C12H15N3O5S. The molecule has 1 aromatic rings. The fourth-order valence-electron chi connectivity index (χ4n) is 2.06. The minimum Gasteiger partial charge on any atom is -0.478 e. The number of hydrogen-bond acceptors (Lipinski definition) is 5. The number of aromatic carboxylic acids is 1. The molecule has 2 rings (SSSR count). The zero-order chi connectivity index (χ0) is 15.6. The highest BCUT2D eigenvalue weighted by atomic mass is 32.2. The van der Waals surface area contributed by atoms with Gasteiger partial charge in [0.05, 0.1) is 10.5 Å². The summed E-state index contributed by atoms with van der Waals surface area (Å²) in [7, 11) is -4.03. The lowest BCUT2D eigenvalue weighted by Gasteiger charge is -2.13. The van der Waals surface area contributed by atoms with Crippen molar-refractivity contribution in [1.82, 2.24) is 10.0 Å². The zero-order valence-corrected chi connectivity index (χ0v) is 11.8. The average molecular weight is 313 g/mol. The molecule has 1 heterocycles. The standard InChI is InChI=1S/C12H15N3O5S/c13-7-1-3-9(12(17)18)10(5-7)21(19,20)14-6-8-2-4-11(16)15-8/h1,3,5,8,14H,2,4,6,13H2,(H,15,16)(H,17,18). The molecule has 0 spiro atoms. The van der Waals surface area contributed by atoms with Crippen LogP contribution in [0.3, 0.4) is 0 Å². The molecular weight excluding hydrogens is 298 g/mol. The van der Waals surface area contributed by atoms with E-state index in [0.717, 1.165) is 12.1 Å². The molecule has 1 atom stereocenters. The maximum absolute atomic E-state index is 12.2. The molecule has 0 bridgehead atoms. The van der Waals surface area contributed by atoms with Crippen molar-refractivity contribution < 1.29 is 23.1 Å². The molecule has 1 saturated heterocycles. The van der Waals surface area contributed by atoms with Crippen LogP contribution in [-0.2, 0) is 14.8 Å². The minimum absolute atomic E-state index is 0.00192. The summed E-state index contributed by atoms with van der Waals surface area (Å²) >= 11 is 0. The fraction of sp³-hybridized carbons (Fsp3) is 0.333. The molecule has 0 aromatic heterocycles. The third kappa shape index (κ3) is 3.50. The SMILES string of the molecule is Nc1ccc(C(=O)O)c(S(=O)(=O)NCC2CCC(=O)N2)c1. The summed E-state index contributed by atoms with van der Waals surface area (Å²) in [5.74, 6) is -1.49. The first kappa shape index (κ1) is 15.3. The third-order valence-electron chi connectivity index (χ3n) is 3.13. The summed E-state index contributed by atoms with van der Waals surface area (Å²) in [6.07, 6.45) is 0.884. The van der Waals surface area contributed by atoms with E-state index >= 15 is 0 Å². The number of carboxylic acid groups (broad SMARTS) is 1. The Balaban J connectivity index is 2.21. The van der Waals surface area contributed by atoms with Gasteiger partial charge in [-0.05, 0) is 24.6 Å². The van der Waals surface area contributed by atoms with Crippen LogP contribution in [0.4, 0.5) is 5.69 Å².